The van der Waals surface area contributed by atoms with Crippen LogP contribution in [-0.2, 0) is 9.53 Å². The second kappa shape index (κ2) is 9.66. The standard InChI is InChI=1S/C16H24N2O3.ClH/c1-3-12(2)21-15-6-4-13(5-7-15)18-16(19)10-14-11-20-9-8-17-14;/h4-7,12,14,17H,3,8-11H2,1-2H3,(H,18,19);1H. The summed E-state index contributed by atoms with van der Waals surface area (Å²) in [6.45, 7) is 6.24. The Morgan fingerprint density at radius 3 is 2.77 bits per heavy atom. The van der Waals surface area contributed by atoms with Crippen LogP contribution in [0.15, 0.2) is 24.3 Å². The average molecular weight is 329 g/mol. The maximum Gasteiger partial charge on any atom is 0.226 e. The van der Waals surface area contributed by atoms with Crippen molar-refractivity contribution in [2.45, 2.75) is 38.8 Å². The van der Waals surface area contributed by atoms with Gasteiger partial charge in [0.2, 0.25) is 5.91 Å². The minimum Gasteiger partial charge on any atom is -0.491 e. The highest BCUT2D eigenvalue weighted by molar-refractivity contribution is 5.91. The molecule has 0 saturated carbocycles. The van der Waals surface area contributed by atoms with E-state index >= 15 is 0 Å². The van der Waals surface area contributed by atoms with Gasteiger partial charge in [-0.25, -0.2) is 0 Å². The maximum atomic E-state index is 12.0. The van der Waals surface area contributed by atoms with E-state index in [4.69, 9.17) is 9.47 Å². The number of hydrogen-bond donors (Lipinski definition) is 2. The molecule has 6 heteroatoms. The SMILES string of the molecule is CCC(C)Oc1ccc(NC(=O)CC2COCCN2)cc1.Cl. The van der Waals surface area contributed by atoms with E-state index in [0.29, 0.717) is 13.0 Å². The zero-order chi connectivity index (χ0) is 15.1. The molecular formula is C16H25ClN2O3. The van der Waals surface area contributed by atoms with Crippen LogP contribution < -0.4 is 15.4 Å². The van der Waals surface area contributed by atoms with E-state index < -0.39 is 0 Å². The Morgan fingerprint density at radius 2 is 2.18 bits per heavy atom. The van der Waals surface area contributed by atoms with Crippen molar-refractivity contribution in [2.24, 2.45) is 0 Å². The van der Waals surface area contributed by atoms with Crippen LogP contribution >= 0.6 is 12.4 Å². The number of carbonyl (C=O) groups is 1. The second-order valence-electron chi connectivity index (χ2n) is 5.34. The molecule has 5 nitrogen and oxygen atoms in total. The van der Waals surface area contributed by atoms with E-state index in [9.17, 15) is 4.79 Å². The van der Waals surface area contributed by atoms with Crippen LogP contribution in [0.25, 0.3) is 0 Å². The summed E-state index contributed by atoms with van der Waals surface area (Å²) in [5, 5.41) is 6.16. The highest BCUT2D eigenvalue weighted by Gasteiger charge is 2.16. The number of hydrogen-bond acceptors (Lipinski definition) is 4. The lowest BCUT2D eigenvalue weighted by atomic mass is 10.2. The summed E-state index contributed by atoms with van der Waals surface area (Å²) in [7, 11) is 0. The van der Waals surface area contributed by atoms with Gasteiger partial charge in [0.15, 0.2) is 0 Å². The number of anilines is 1. The smallest absolute Gasteiger partial charge is 0.226 e. The molecule has 0 radical (unpaired) electrons. The monoisotopic (exact) mass is 328 g/mol. The third-order valence-electron chi connectivity index (χ3n) is 3.48. The van der Waals surface area contributed by atoms with Crippen molar-refractivity contribution in [3.05, 3.63) is 24.3 Å². The van der Waals surface area contributed by atoms with E-state index in [-0.39, 0.29) is 30.5 Å². The Kier molecular flexibility index (Phi) is 8.24. The van der Waals surface area contributed by atoms with Crippen LogP contribution in [0, 0.1) is 0 Å². The van der Waals surface area contributed by atoms with Gasteiger partial charge in [0.05, 0.1) is 19.3 Å². The minimum atomic E-state index is -0.00593. The predicted molar refractivity (Wildman–Crippen MR) is 89.9 cm³/mol. The third kappa shape index (κ3) is 6.22. The molecule has 1 aliphatic heterocycles. The molecule has 2 atom stereocenters. The molecule has 124 valence electrons. The van der Waals surface area contributed by atoms with Gasteiger partial charge in [0.25, 0.3) is 0 Å². The Hall–Kier alpha value is -1.30. The lowest BCUT2D eigenvalue weighted by Gasteiger charge is -2.23. The fraction of sp³-hybridized carbons (Fsp3) is 0.562. The lowest BCUT2D eigenvalue weighted by molar-refractivity contribution is -0.117. The van der Waals surface area contributed by atoms with E-state index in [1.165, 1.54) is 0 Å². The number of rotatable bonds is 6. The largest absolute Gasteiger partial charge is 0.491 e. The fourth-order valence-corrected chi connectivity index (χ4v) is 2.12. The van der Waals surface area contributed by atoms with Gasteiger partial charge < -0.3 is 20.1 Å². The molecule has 22 heavy (non-hydrogen) atoms. The van der Waals surface area contributed by atoms with Crippen LogP contribution in [0.5, 0.6) is 5.75 Å². The van der Waals surface area contributed by atoms with E-state index in [1.807, 2.05) is 31.2 Å². The molecule has 0 spiro atoms. The quantitative estimate of drug-likeness (QED) is 0.842. The summed E-state index contributed by atoms with van der Waals surface area (Å²) >= 11 is 0. The summed E-state index contributed by atoms with van der Waals surface area (Å²) in [6, 6.07) is 7.58. The number of carbonyl (C=O) groups excluding carboxylic acids is 1. The van der Waals surface area contributed by atoms with Crippen molar-refractivity contribution >= 4 is 24.0 Å². The molecule has 1 saturated heterocycles. The summed E-state index contributed by atoms with van der Waals surface area (Å²) < 4.78 is 11.0. The molecule has 1 aromatic rings. The van der Waals surface area contributed by atoms with E-state index in [0.717, 1.165) is 31.0 Å². The predicted octanol–water partition coefficient (Wildman–Crippen LogP) is 2.60. The molecule has 1 aromatic carbocycles. The van der Waals surface area contributed by atoms with Crippen LogP contribution in [-0.4, -0.2) is 37.8 Å². The van der Waals surface area contributed by atoms with Gasteiger partial charge in [0, 0.05) is 24.7 Å². The zero-order valence-electron chi connectivity index (χ0n) is 13.1. The molecule has 2 unspecified atom stereocenters. The van der Waals surface area contributed by atoms with Crippen molar-refractivity contribution < 1.29 is 14.3 Å². The number of benzene rings is 1. The van der Waals surface area contributed by atoms with Crippen molar-refractivity contribution in [3.63, 3.8) is 0 Å². The molecular weight excluding hydrogens is 304 g/mol. The lowest BCUT2D eigenvalue weighted by Crippen LogP contribution is -2.43. The maximum absolute atomic E-state index is 12.0. The Morgan fingerprint density at radius 1 is 1.45 bits per heavy atom. The van der Waals surface area contributed by atoms with Crippen LogP contribution in [0.4, 0.5) is 5.69 Å². The first kappa shape index (κ1) is 18.7. The molecule has 1 fully saturated rings. The average Bonchev–Trinajstić information content (AvgIpc) is 2.50. The summed E-state index contributed by atoms with van der Waals surface area (Å²) in [5.74, 6) is 0.818. The van der Waals surface area contributed by atoms with Gasteiger partial charge in [-0.2, -0.15) is 0 Å². The molecule has 2 N–H and O–H groups in total. The van der Waals surface area contributed by atoms with Crippen LogP contribution in [0.1, 0.15) is 26.7 Å². The molecule has 1 heterocycles. The first-order valence-electron chi connectivity index (χ1n) is 7.55. The Balaban J connectivity index is 0.00000242. The molecule has 0 bridgehead atoms. The van der Waals surface area contributed by atoms with Gasteiger partial charge >= 0.3 is 0 Å². The number of halogens is 1. The number of amides is 1. The molecule has 2 rings (SSSR count). The number of ether oxygens (including phenoxy) is 2. The minimum absolute atomic E-state index is 0. The molecule has 1 amide bonds. The summed E-state index contributed by atoms with van der Waals surface area (Å²) in [4.78, 5) is 12.0. The van der Waals surface area contributed by atoms with Crippen LogP contribution in [0.2, 0.25) is 0 Å². The summed E-state index contributed by atoms with van der Waals surface area (Å²) in [6.07, 6.45) is 1.59. The van der Waals surface area contributed by atoms with Crippen molar-refractivity contribution in [3.8, 4) is 5.75 Å². The first-order chi connectivity index (χ1) is 10.2. The van der Waals surface area contributed by atoms with Gasteiger partial charge in [0.1, 0.15) is 5.75 Å². The highest BCUT2D eigenvalue weighted by atomic mass is 35.5. The van der Waals surface area contributed by atoms with Crippen molar-refractivity contribution in [2.75, 3.05) is 25.1 Å². The van der Waals surface area contributed by atoms with Crippen LogP contribution in [0.3, 0.4) is 0 Å². The van der Waals surface area contributed by atoms with Gasteiger partial charge in [-0.15, -0.1) is 12.4 Å². The van der Waals surface area contributed by atoms with E-state index in [2.05, 4.69) is 17.6 Å². The van der Waals surface area contributed by atoms with Crippen molar-refractivity contribution in [1.29, 1.82) is 0 Å². The Bertz CT molecular complexity index is 447. The van der Waals surface area contributed by atoms with Gasteiger partial charge in [-0.3, -0.25) is 4.79 Å². The van der Waals surface area contributed by atoms with Gasteiger partial charge in [-0.1, -0.05) is 6.92 Å². The molecule has 0 aromatic heterocycles. The number of nitrogens with one attached hydrogen (secondary N) is 2. The van der Waals surface area contributed by atoms with E-state index in [1.54, 1.807) is 0 Å². The topological polar surface area (TPSA) is 59.6 Å². The first-order valence-corrected chi connectivity index (χ1v) is 7.55. The normalized spacial score (nSPS) is 18.9. The Labute approximate surface area is 138 Å². The fourth-order valence-electron chi connectivity index (χ4n) is 2.12. The van der Waals surface area contributed by atoms with Crippen molar-refractivity contribution in [1.82, 2.24) is 5.32 Å². The highest BCUT2D eigenvalue weighted by Crippen LogP contribution is 2.18. The zero-order valence-corrected chi connectivity index (χ0v) is 13.9. The number of morpholine rings is 1. The van der Waals surface area contributed by atoms with Gasteiger partial charge in [-0.05, 0) is 37.6 Å². The second-order valence-corrected chi connectivity index (χ2v) is 5.34. The summed E-state index contributed by atoms with van der Waals surface area (Å²) in [5.41, 5.74) is 0.785. The molecule has 1 aliphatic rings. The third-order valence-corrected chi connectivity index (χ3v) is 3.48. The molecule has 0 aliphatic carbocycles.